The summed E-state index contributed by atoms with van der Waals surface area (Å²) in [7, 11) is 0. The summed E-state index contributed by atoms with van der Waals surface area (Å²) >= 11 is 0. The Hall–Kier alpha value is -3.81. The molecule has 0 atom stereocenters. The largest absolute Gasteiger partial charge is 0.339 e. The normalized spacial score (nSPS) is 10.0. The van der Waals surface area contributed by atoms with E-state index in [2.05, 4.69) is 26.1 Å². The van der Waals surface area contributed by atoms with Crippen LogP contribution in [0.15, 0.2) is 67.0 Å². The van der Waals surface area contributed by atoms with E-state index in [1.54, 1.807) is 24.3 Å². The quantitative estimate of drug-likeness (QED) is 0.628. The van der Waals surface area contributed by atoms with Gasteiger partial charge in [0.2, 0.25) is 0 Å². The van der Waals surface area contributed by atoms with E-state index >= 15 is 0 Å². The lowest BCUT2D eigenvalue weighted by Gasteiger charge is -2.11. The van der Waals surface area contributed by atoms with Crippen LogP contribution in [0.5, 0.6) is 0 Å². The Bertz CT molecular complexity index is 934. The summed E-state index contributed by atoms with van der Waals surface area (Å²) in [5.74, 6) is -1.33. The molecular weight excluding hydrogens is 337 g/mol. The van der Waals surface area contributed by atoms with Crippen LogP contribution in [-0.2, 0) is 0 Å². The fourth-order valence-corrected chi connectivity index (χ4v) is 2.13. The number of aromatic nitrogens is 2. The van der Waals surface area contributed by atoms with Gasteiger partial charge in [0.05, 0.1) is 5.56 Å². The van der Waals surface area contributed by atoms with Crippen molar-refractivity contribution in [3.05, 3.63) is 84.1 Å². The number of carbonyl (C=O) groups is 2. The molecule has 130 valence electrons. The van der Waals surface area contributed by atoms with Crippen LogP contribution < -0.4 is 16.2 Å². The van der Waals surface area contributed by atoms with Crippen LogP contribution in [-0.4, -0.2) is 21.8 Å². The van der Waals surface area contributed by atoms with Gasteiger partial charge < -0.3 is 5.32 Å². The predicted octanol–water partition coefficient (Wildman–Crippen LogP) is 2.43. The van der Waals surface area contributed by atoms with Crippen LogP contribution in [0.2, 0.25) is 0 Å². The number of hydrogen-bond donors (Lipinski definition) is 3. The Kier molecular flexibility index (Phi) is 5.14. The van der Waals surface area contributed by atoms with Crippen LogP contribution >= 0.6 is 0 Å². The predicted molar refractivity (Wildman–Crippen MR) is 93.1 cm³/mol. The Labute approximate surface area is 148 Å². The fourth-order valence-electron chi connectivity index (χ4n) is 2.13. The van der Waals surface area contributed by atoms with Crippen molar-refractivity contribution in [1.82, 2.24) is 20.8 Å². The molecule has 0 fully saturated rings. The number of rotatable bonds is 4. The zero-order valence-electron chi connectivity index (χ0n) is 13.4. The van der Waals surface area contributed by atoms with Gasteiger partial charge in [-0.1, -0.05) is 12.1 Å². The van der Waals surface area contributed by atoms with E-state index in [9.17, 15) is 14.0 Å². The van der Waals surface area contributed by atoms with Crippen LogP contribution in [0.1, 0.15) is 20.8 Å². The summed E-state index contributed by atoms with van der Waals surface area (Å²) in [6, 6.07) is 13.7. The highest BCUT2D eigenvalue weighted by atomic mass is 19.1. The molecular formula is C18H14FN5O2. The van der Waals surface area contributed by atoms with Crippen LogP contribution in [0.25, 0.3) is 0 Å². The number of benzene rings is 1. The third-order valence-corrected chi connectivity index (χ3v) is 3.33. The van der Waals surface area contributed by atoms with Crippen molar-refractivity contribution in [1.29, 1.82) is 0 Å². The van der Waals surface area contributed by atoms with Gasteiger partial charge in [0.1, 0.15) is 17.3 Å². The second-order valence-electron chi connectivity index (χ2n) is 5.16. The molecule has 8 heteroatoms. The van der Waals surface area contributed by atoms with Crippen molar-refractivity contribution in [3.8, 4) is 0 Å². The van der Waals surface area contributed by atoms with Gasteiger partial charge in [-0.25, -0.2) is 9.37 Å². The molecule has 0 bridgehead atoms. The Balaban J connectivity index is 1.71. The first-order valence-corrected chi connectivity index (χ1v) is 7.63. The average molecular weight is 351 g/mol. The van der Waals surface area contributed by atoms with Crippen molar-refractivity contribution in [2.24, 2.45) is 0 Å². The van der Waals surface area contributed by atoms with Crippen LogP contribution in [0.4, 0.5) is 15.9 Å². The summed E-state index contributed by atoms with van der Waals surface area (Å²) in [5.41, 5.74) is 5.37. The molecule has 0 radical (unpaired) electrons. The van der Waals surface area contributed by atoms with Crippen molar-refractivity contribution in [3.63, 3.8) is 0 Å². The third-order valence-electron chi connectivity index (χ3n) is 3.33. The smallest absolute Gasteiger partial charge is 0.288 e. The maximum absolute atomic E-state index is 13.3. The van der Waals surface area contributed by atoms with Crippen LogP contribution in [0, 0.1) is 5.82 Å². The molecule has 3 N–H and O–H groups in total. The van der Waals surface area contributed by atoms with E-state index < -0.39 is 17.6 Å². The van der Waals surface area contributed by atoms with Crippen molar-refractivity contribution in [2.75, 3.05) is 5.32 Å². The lowest BCUT2D eigenvalue weighted by molar-refractivity contribution is 0.0844. The number of pyridine rings is 2. The maximum Gasteiger partial charge on any atom is 0.288 e. The van der Waals surface area contributed by atoms with E-state index in [0.29, 0.717) is 5.69 Å². The monoisotopic (exact) mass is 351 g/mol. The van der Waals surface area contributed by atoms with Gasteiger partial charge in [0, 0.05) is 18.1 Å². The molecule has 0 saturated carbocycles. The highest BCUT2D eigenvalue weighted by Crippen LogP contribution is 2.18. The molecule has 3 rings (SSSR count). The maximum atomic E-state index is 13.3. The SMILES string of the molecule is O=C(NNC(=O)c1cccnc1Nc1cccc(F)c1)c1ccccn1. The molecule has 0 saturated heterocycles. The van der Waals surface area contributed by atoms with Gasteiger partial charge >= 0.3 is 0 Å². The van der Waals surface area contributed by atoms with E-state index in [4.69, 9.17) is 0 Å². The molecule has 0 aliphatic carbocycles. The fraction of sp³-hybridized carbons (Fsp3) is 0. The number of halogens is 1. The molecule has 2 aromatic heterocycles. The lowest BCUT2D eigenvalue weighted by Crippen LogP contribution is -2.42. The average Bonchev–Trinajstić information content (AvgIpc) is 2.67. The number of anilines is 2. The number of nitrogens with one attached hydrogen (secondary N) is 3. The highest BCUT2D eigenvalue weighted by Gasteiger charge is 2.14. The molecule has 2 amide bonds. The highest BCUT2D eigenvalue weighted by molar-refractivity contribution is 6.01. The van der Waals surface area contributed by atoms with Crippen molar-refractivity contribution >= 4 is 23.3 Å². The second-order valence-corrected chi connectivity index (χ2v) is 5.16. The van der Waals surface area contributed by atoms with Gasteiger partial charge in [-0.3, -0.25) is 25.4 Å². The van der Waals surface area contributed by atoms with Crippen LogP contribution in [0.3, 0.4) is 0 Å². The second kappa shape index (κ2) is 7.84. The van der Waals surface area contributed by atoms with Gasteiger partial charge in [0.25, 0.3) is 11.8 Å². The molecule has 2 heterocycles. The summed E-state index contributed by atoms with van der Waals surface area (Å²) in [4.78, 5) is 32.3. The number of hydrogen-bond acceptors (Lipinski definition) is 5. The molecule has 1 aromatic carbocycles. The van der Waals surface area contributed by atoms with Crippen molar-refractivity contribution < 1.29 is 14.0 Å². The first kappa shape index (κ1) is 17.0. The summed E-state index contributed by atoms with van der Waals surface area (Å²) in [6.07, 6.45) is 2.96. The molecule has 7 nitrogen and oxygen atoms in total. The molecule has 3 aromatic rings. The Morgan fingerprint density at radius 2 is 1.65 bits per heavy atom. The van der Waals surface area contributed by atoms with E-state index in [1.807, 2.05) is 0 Å². The first-order valence-electron chi connectivity index (χ1n) is 7.63. The van der Waals surface area contributed by atoms with E-state index in [1.165, 1.54) is 42.7 Å². The molecule has 0 aliphatic heterocycles. The summed E-state index contributed by atoms with van der Waals surface area (Å²) in [5, 5.41) is 2.88. The molecule has 0 spiro atoms. The lowest BCUT2D eigenvalue weighted by atomic mass is 10.2. The van der Waals surface area contributed by atoms with Gasteiger partial charge in [-0.05, 0) is 42.5 Å². The molecule has 26 heavy (non-hydrogen) atoms. The minimum Gasteiger partial charge on any atom is -0.339 e. The van der Waals surface area contributed by atoms with E-state index in [0.717, 1.165) is 0 Å². The standard InChI is InChI=1S/C18H14FN5O2/c19-12-5-3-6-13(11-12)22-16-14(7-4-10-21-16)17(25)23-24-18(26)15-8-1-2-9-20-15/h1-11H,(H,21,22)(H,23,25)(H,24,26). The van der Waals surface area contributed by atoms with Gasteiger partial charge in [-0.15, -0.1) is 0 Å². The van der Waals surface area contributed by atoms with Gasteiger partial charge in [0.15, 0.2) is 0 Å². The van der Waals surface area contributed by atoms with E-state index in [-0.39, 0.29) is 17.1 Å². The third kappa shape index (κ3) is 4.18. The van der Waals surface area contributed by atoms with Gasteiger partial charge in [-0.2, -0.15) is 0 Å². The first-order chi connectivity index (χ1) is 12.6. The Morgan fingerprint density at radius 1 is 0.846 bits per heavy atom. The molecule has 0 aliphatic rings. The number of nitrogens with zero attached hydrogens (tertiary/aromatic N) is 2. The zero-order valence-corrected chi connectivity index (χ0v) is 13.4. The topological polar surface area (TPSA) is 96.0 Å². The number of hydrazine groups is 1. The minimum absolute atomic E-state index is 0.164. The summed E-state index contributed by atoms with van der Waals surface area (Å²) < 4.78 is 13.3. The Morgan fingerprint density at radius 3 is 2.42 bits per heavy atom. The number of amides is 2. The van der Waals surface area contributed by atoms with Crippen molar-refractivity contribution in [2.45, 2.75) is 0 Å². The minimum atomic E-state index is -0.582. The number of carbonyl (C=O) groups excluding carboxylic acids is 2. The zero-order chi connectivity index (χ0) is 18.4. The summed E-state index contributed by atoms with van der Waals surface area (Å²) in [6.45, 7) is 0. The molecule has 0 unspecified atom stereocenters.